The van der Waals surface area contributed by atoms with Crippen molar-refractivity contribution in [2.24, 2.45) is 4.99 Å². The van der Waals surface area contributed by atoms with Gasteiger partial charge in [-0.05, 0) is 47.5 Å². The van der Waals surface area contributed by atoms with Gasteiger partial charge in [-0.15, -0.1) is 0 Å². The number of imidazole rings is 2. The number of aliphatic imine (C=N–C) groups is 1. The zero-order valence-corrected chi connectivity index (χ0v) is 25.8. The Morgan fingerprint density at radius 1 is 0.891 bits per heavy atom. The monoisotopic (exact) mass is 666 g/mol. The number of alkyl halides is 4. The summed E-state index contributed by atoms with van der Waals surface area (Å²) in [5.74, 6) is -0.248. The number of nitrogens with zero attached hydrogens (tertiary/aromatic N) is 5. The highest BCUT2D eigenvalue weighted by molar-refractivity contribution is 6.53. The number of hydrogen-bond acceptors (Lipinski definition) is 6. The lowest BCUT2D eigenvalue weighted by atomic mass is 10.0. The van der Waals surface area contributed by atoms with E-state index in [9.17, 15) is 18.7 Å². The Hall–Kier alpha value is -4.58. The van der Waals surface area contributed by atoms with Crippen molar-refractivity contribution in [3.63, 3.8) is 0 Å². The summed E-state index contributed by atoms with van der Waals surface area (Å²) in [6, 6.07) is 22.6. The summed E-state index contributed by atoms with van der Waals surface area (Å²) in [4.78, 5) is 22.5. The van der Waals surface area contributed by atoms with E-state index in [-0.39, 0.29) is 0 Å². The topological polar surface area (TPSA) is 107 Å². The van der Waals surface area contributed by atoms with Crippen molar-refractivity contribution >= 4 is 35.0 Å². The van der Waals surface area contributed by atoms with Crippen molar-refractivity contribution in [2.75, 3.05) is 13.3 Å². The van der Waals surface area contributed by atoms with Crippen molar-refractivity contribution in [1.29, 1.82) is 0 Å². The van der Waals surface area contributed by atoms with E-state index in [0.29, 0.717) is 11.5 Å². The van der Waals surface area contributed by atoms with Gasteiger partial charge in [0.05, 0.1) is 18.7 Å². The van der Waals surface area contributed by atoms with E-state index in [4.69, 9.17) is 27.9 Å². The van der Waals surface area contributed by atoms with Crippen LogP contribution in [-0.2, 0) is 9.53 Å². The van der Waals surface area contributed by atoms with Gasteiger partial charge in [0, 0.05) is 41.7 Å². The second kappa shape index (κ2) is 15.6. The van der Waals surface area contributed by atoms with Crippen LogP contribution in [0.4, 0.5) is 8.78 Å². The summed E-state index contributed by atoms with van der Waals surface area (Å²) in [6.45, 7) is -1.50. The maximum Gasteiger partial charge on any atom is 0.253 e. The third-order valence-corrected chi connectivity index (χ3v) is 7.58. The number of nitrogens with one attached hydrogen (secondary N) is 1. The van der Waals surface area contributed by atoms with Crippen LogP contribution in [0.25, 0.3) is 11.4 Å². The molecule has 0 saturated carbocycles. The van der Waals surface area contributed by atoms with Crippen LogP contribution >= 0.6 is 23.2 Å². The molecule has 1 aliphatic rings. The number of carbonyl (C=O) groups excluding carboxylic acids is 1. The molecule has 3 aromatic carbocycles. The Morgan fingerprint density at radius 2 is 1.48 bits per heavy atom. The van der Waals surface area contributed by atoms with Gasteiger partial charge in [-0.3, -0.25) is 4.79 Å². The fourth-order valence-electron chi connectivity index (χ4n) is 4.76. The van der Waals surface area contributed by atoms with E-state index in [1.165, 1.54) is 0 Å². The predicted octanol–water partition coefficient (Wildman–Crippen LogP) is 5.89. The van der Waals surface area contributed by atoms with Crippen LogP contribution < -0.4 is 5.32 Å². The van der Waals surface area contributed by atoms with E-state index in [1.54, 1.807) is 60.1 Å². The summed E-state index contributed by atoms with van der Waals surface area (Å²) >= 11 is 10.8. The van der Waals surface area contributed by atoms with Crippen LogP contribution in [0.2, 0.25) is 0 Å². The number of hydrogen-bond donors (Lipinski definition) is 2. The number of ether oxygens (including phenoxy) is 1. The Morgan fingerprint density at radius 3 is 1.98 bits per heavy atom. The molecule has 13 heteroatoms. The van der Waals surface area contributed by atoms with Crippen molar-refractivity contribution < 1.29 is 23.4 Å². The molecule has 6 rings (SSSR count). The van der Waals surface area contributed by atoms with E-state index in [0.717, 1.165) is 22.5 Å². The quantitative estimate of drug-likeness (QED) is 0.181. The average molecular weight is 668 g/mol. The fraction of sp³-hybridized carbons (Fsp3) is 0.212. The second-order valence-corrected chi connectivity index (χ2v) is 11.3. The molecule has 2 aromatic heterocycles. The molecule has 3 heterocycles. The highest BCUT2D eigenvalue weighted by Crippen LogP contribution is 2.32. The number of aromatic nitrogens is 4. The number of rotatable bonds is 10. The van der Waals surface area contributed by atoms with Crippen molar-refractivity contribution in [3.05, 3.63) is 133 Å². The van der Waals surface area contributed by atoms with Gasteiger partial charge in [0.25, 0.3) is 5.91 Å². The van der Waals surface area contributed by atoms with Crippen LogP contribution in [-0.4, -0.2) is 66.3 Å². The zero-order valence-electron chi connectivity index (χ0n) is 24.3. The van der Waals surface area contributed by atoms with Gasteiger partial charge >= 0.3 is 0 Å². The molecule has 1 amide bonds. The molecule has 9 nitrogen and oxygen atoms in total. The smallest absolute Gasteiger partial charge is 0.253 e. The first-order valence-corrected chi connectivity index (χ1v) is 15.1. The van der Waals surface area contributed by atoms with Crippen molar-refractivity contribution in [2.45, 2.75) is 29.1 Å². The molecule has 0 saturated heterocycles. The maximum absolute atomic E-state index is 13.4. The summed E-state index contributed by atoms with van der Waals surface area (Å²) in [7, 11) is 0. The van der Waals surface area contributed by atoms with Crippen LogP contribution in [0.5, 0.6) is 0 Å². The maximum atomic E-state index is 13.4. The Kier molecular flexibility index (Phi) is 11.1. The highest BCUT2D eigenvalue weighted by Gasteiger charge is 2.33. The van der Waals surface area contributed by atoms with Gasteiger partial charge < -0.3 is 24.3 Å². The van der Waals surface area contributed by atoms with Gasteiger partial charge in [-0.25, -0.2) is 23.7 Å². The third-order valence-electron chi connectivity index (χ3n) is 7.18. The summed E-state index contributed by atoms with van der Waals surface area (Å²) in [5, 5.41) is 12.4. The molecule has 46 heavy (non-hydrogen) atoms. The largest absolute Gasteiger partial charge is 0.467 e. The molecular formula is C33H30Cl2F2N6O3. The SMILES string of the molecule is FC[C@H]1N=C(c2ccccc2)O[C@@H]1c1ccc(-n2ccnc2)cc1.O=C(N[C@H](CF)[C@H](O)c1ccc(-n2ccnc2)cc1)C(Cl)Cl. The summed E-state index contributed by atoms with van der Waals surface area (Å²) in [6.07, 6.45) is 8.79. The van der Waals surface area contributed by atoms with Gasteiger partial charge in [-0.2, -0.15) is 0 Å². The molecule has 1 aliphatic heterocycles. The number of aliphatic hydroxyl groups excluding tert-OH is 1. The summed E-state index contributed by atoms with van der Waals surface area (Å²) < 4.78 is 36.1. The van der Waals surface area contributed by atoms with Crippen molar-refractivity contribution in [1.82, 2.24) is 24.4 Å². The third kappa shape index (κ3) is 7.97. The van der Waals surface area contributed by atoms with Crippen LogP contribution in [0.1, 0.15) is 28.9 Å². The molecule has 0 fully saturated rings. The molecule has 238 valence electrons. The van der Waals surface area contributed by atoms with Gasteiger partial charge in [0.1, 0.15) is 25.5 Å². The zero-order chi connectivity index (χ0) is 32.5. The normalized spacial score (nSPS) is 17.0. The molecule has 0 aliphatic carbocycles. The molecule has 5 aromatic rings. The molecule has 0 radical (unpaired) electrons. The lowest BCUT2D eigenvalue weighted by Gasteiger charge is -2.22. The highest BCUT2D eigenvalue weighted by atomic mass is 35.5. The molecule has 0 unspecified atom stereocenters. The minimum Gasteiger partial charge on any atom is -0.467 e. The van der Waals surface area contributed by atoms with Crippen molar-refractivity contribution in [3.8, 4) is 11.4 Å². The predicted molar refractivity (Wildman–Crippen MR) is 172 cm³/mol. The first kappa shape index (κ1) is 32.8. The van der Waals surface area contributed by atoms with Gasteiger partial charge in [-0.1, -0.05) is 65.7 Å². The van der Waals surface area contributed by atoms with Gasteiger partial charge in [0.2, 0.25) is 5.90 Å². The molecule has 4 atom stereocenters. The van der Waals surface area contributed by atoms with Crippen LogP contribution in [0.15, 0.2) is 121 Å². The van der Waals surface area contributed by atoms with E-state index < -0.39 is 48.4 Å². The standard InChI is InChI=1S/C19H16FN3O.C14H14Cl2FN3O2/c20-12-17-18(24-19(22-17)15-4-2-1-3-5-15)14-6-8-16(9-7-14)23-11-10-21-13-23;15-13(16)14(22)19-11(7-17)12(21)9-1-3-10(4-2-9)20-6-5-18-8-20/h1-11,13,17-18H,12H2;1-6,8,11-13,21H,7H2,(H,19,22)/t17-,18-;11-,12-/m11/s1. The number of halogens is 4. The second-order valence-electron chi connectivity index (χ2n) is 10.2. The summed E-state index contributed by atoms with van der Waals surface area (Å²) in [5.41, 5.74) is 4.09. The van der Waals surface area contributed by atoms with Crippen LogP contribution in [0.3, 0.4) is 0 Å². The number of benzene rings is 3. The lowest BCUT2D eigenvalue weighted by Crippen LogP contribution is -2.43. The number of amides is 1. The molecule has 0 spiro atoms. The first-order valence-electron chi connectivity index (χ1n) is 14.2. The van der Waals surface area contributed by atoms with E-state index >= 15 is 0 Å². The van der Waals surface area contributed by atoms with Gasteiger partial charge in [0.15, 0.2) is 10.9 Å². The minimum atomic E-state index is -1.31. The minimum absolute atomic E-state index is 0.401. The van der Waals surface area contributed by atoms with E-state index in [2.05, 4.69) is 20.3 Å². The first-order chi connectivity index (χ1) is 22.4. The van der Waals surface area contributed by atoms with Crippen LogP contribution in [0, 0.1) is 0 Å². The Balaban J connectivity index is 0.000000182. The number of aliphatic hydroxyl groups is 1. The number of carbonyl (C=O) groups is 1. The molecule has 2 N–H and O–H groups in total. The fourth-order valence-corrected chi connectivity index (χ4v) is 4.89. The Bertz CT molecular complexity index is 1690. The average Bonchev–Trinajstić information content (AvgIpc) is 3.90. The molecule has 0 bridgehead atoms. The van der Waals surface area contributed by atoms with E-state index in [1.807, 2.05) is 65.4 Å². The molecular weight excluding hydrogens is 637 g/mol. The lowest BCUT2D eigenvalue weighted by molar-refractivity contribution is -0.121. The Labute approximate surface area is 274 Å².